The summed E-state index contributed by atoms with van der Waals surface area (Å²) >= 11 is 0. The summed E-state index contributed by atoms with van der Waals surface area (Å²) in [4.78, 5) is 14.3. The molecule has 0 unspecified atom stereocenters. The van der Waals surface area contributed by atoms with Crippen molar-refractivity contribution in [1.29, 1.82) is 0 Å². The molecule has 0 saturated heterocycles. The van der Waals surface area contributed by atoms with Crippen LogP contribution < -0.4 is 5.32 Å². The SMILES string of the molecule is CN=C(NCCc1cnn(C)c1)N(C)Cc1ncc(-c2ccccc2)[nH]1.I. The normalized spacial score (nSPS) is 11.1. The van der Waals surface area contributed by atoms with Crippen LogP contribution in [-0.2, 0) is 20.0 Å². The van der Waals surface area contributed by atoms with Gasteiger partial charge in [0.15, 0.2) is 5.96 Å². The molecule has 2 N–H and O–H groups in total. The molecular formula is C19H26IN7. The van der Waals surface area contributed by atoms with Crippen molar-refractivity contribution in [3.8, 4) is 11.3 Å². The lowest BCUT2D eigenvalue weighted by molar-refractivity contribution is 0.464. The van der Waals surface area contributed by atoms with Crippen LogP contribution in [0, 0.1) is 0 Å². The summed E-state index contributed by atoms with van der Waals surface area (Å²) in [6.45, 7) is 1.45. The molecule has 3 rings (SSSR count). The Hall–Kier alpha value is -2.36. The highest BCUT2D eigenvalue weighted by Gasteiger charge is 2.10. The van der Waals surface area contributed by atoms with E-state index in [2.05, 4.69) is 42.4 Å². The summed E-state index contributed by atoms with van der Waals surface area (Å²) in [5, 5.41) is 7.57. The molecule has 0 aliphatic carbocycles. The number of imidazole rings is 1. The summed E-state index contributed by atoms with van der Waals surface area (Å²) in [6.07, 6.45) is 6.70. The smallest absolute Gasteiger partial charge is 0.193 e. The minimum atomic E-state index is 0. The fourth-order valence-corrected chi connectivity index (χ4v) is 2.81. The molecule has 0 aliphatic heterocycles. The van der Waals surface area contributed by atoms with Crippen molar-refractivity contribution >= 4 is 29.9 Å². The standard InChI is InChI=1S/C19H25N7.HI/c1-20-19(21-10-9-15-11-23-26(3)13-15)25(2)14-18-22-12-17(24-18)16-7-5-4-6-8-16;/h4-8,11-13H,9-10,14H2,1-3H3,(H,20,21)(H,22,24);1H. The van der Waals surface area contributed by atoms with Gasteiger partial charge < -0.3 is 15.2 Å². The van der Waals surface area contributed by atoms with E-state index in [0.29, 0.717) is 6.54 Å². The van der Waals surface area contributed by atoms with E-state index in [1.165, 1.54) is 5.56 Å². The number of nitrogens with zero attached hydrogens (tertiary/aromatic N) is 5. The zero-order valence-electron chi connectivity index (χ0n) is 15.9. The van der Waals surface area contributed by atoms with E-state index in [9.17, 15) is 0 Å². The number of aromatic nitrogens is 4. The molecule has 27 heavy (non-hydrogen) atoms. The van der Waals surface area contributed by atoms with Gasteiger partial charge in [0.25, 0.3) is 0 Å². The van der Waals surface area contributed by atoms with Gasteiger partial charge in [0, 0.05) is 33.9 Å². The second-order valence-corrected chi connectivity index (χ2v) is 6.21. The first kappa shape index (κ1) is 20.9. The van der Waals surface area contributed by atoms with Crippen molar-refractivity contribution < 1.29 is 0 Å². The molecule has 1 aromatic carbocycles. The Balaban J connectivity index is 0.00000261. The van der Waals surface area contributed by atoms with Crippen molar-refractivity contribution in [2.24, 2.45) is 12.0 Å². The number of hydrogen-bond donors (Lipinski definition) is 2. The first-order valence-corrected chi connectivity index (χ1v) is 8.64. The third kappa shape index (κ3) is 5.81. The molecule has 2 heterocycles. The molecule has 7 nitrogen and oxygen atoms in total. The van der Waals surface area contributed by atoms with Crippen molar-refractivity contribution in [3.05, 3.63) is 60.3 Å². The molecule has 0 aliphatic rings. The van der Waals surface area contributed by atoms with Crippen LogP contribution >= 0.6 is 24.0 Å². The maximum atomic E-state index is 4.49. The zero-order valence-corrected chi connectivity index (χ0v) is 18.2. The topological polar surface area (TPSA) is 74.1 Å². The number of halogens is 1. The van der Waals surface area contributed by atoms with Crippen molar-refractivity contribution in [2.45, 2.75) is 13.0 Å². The van der Waals surface area contributed by atoms with Gasteiger partial charge in [0.05, 0.1) is 24.6 Å². The Morgan fingerprint density at radius 3 is 2.70 bits per heavy atom. The quantitative estimate of drug-likeness (QED) is 0.324. The first-order chi connectivity index (χ1) is 12.7. The van der Waals surface area contributed by atoms with E-state index in [0.717, 1.165) is 36.0 Å². The number of H-pyrrole nitrogens is 1. The van der Waals surface area contributed by atoms with E-state index in [1.807, 2.05) is 55.6 Å². The average Bonchev–Trinajstić information content (AvgIpc) is 3.28. The molecule has 8 heteroatoms. The number of hydrogen-bond acceptors (Lipinski definition) is 3. The van der Waals surface area contributed by atoms with Crippen molar-refractivity contribution in [2.75, 3.05) is 20.6 Å². The molecule has 2 aromatic heterocycles. The number of aliphatic imine (C=N–C) groups is 1. The summed E-state index contributed by atoms with van der Waals surface area (Å²) in [5.74, 6) is 1.74. The minimum Gasteiger partial charge on any atom is -0.356 e. The van der Waals surface area contributed by atoms with Gasteiger partial charge in [-0.05, 0) is 17.5 Å². The van der Waals surface area contributed by atoms with Crippen LogP contribution in [0.5, 0.6) is 0 Å². The third-order valence-corrected chi connectivity index (χ3v) is 4.13. The number of aromatic amines is 1. The van der Waals surface area contributed by atoms with E-state index in [-0.39, 0.29) is 24.0 Å². The van der Waals surface area contributed by atoms with E-state index in [4.69, 9.17) is 0 Å². The highest BCUT2D eigenvalue weighted by Crippen LogP contribution is 2.16. The van der Waals surface area contributed by atoms with Gasteiger partial charge >= 0.3 is 0 Å². The summed E-state index contributed by atoms with van der Waals surface area (Å²) in [5.41, 5.74) is 3.36. The molecule has 0 amide bonds. The third-order valence-electron chi connectivity index (χ3n) is 4.13. The van der Waals surface area contributed by atoms with Gasteiger partial charge in [0.2, 0.25) is 0 Å². The molecule has 3 aromatic rings. The van der Waals surface area contributed by atoms with E-state index in [1.54, 1.807) is 7.05 Å². The fourth-order valence-electron chi connectivity index (χ4n) is 2.81. The van der Waals surface area contributed by atoms with Crippen LogP contribution in [0.3, 0.4) is 0 Å². The fraction of sp³-hybridized carbons (Fsp3) is 0.316. The predicted octanol–water partition coefficient (Wildman–Crippen LogP) is 2.68. The van der Waals surface area contributed by atoms with Gasteiger partial charge in [-0.2, -0.15) is 5.10 Å². The van der Waals surface area contributed by atoms with Crippen LogP contribution in [-0.4, -0.2) is 51.2 Å². The lowest BCUT2D eigenvalue weighted by Crippen LogP contribution is -2.39. The minimum absolute atomic E-state index is 0. The largest absolute Gasteiger partial charge is 0.356 e. The van der Waals surface area contributed by atoms with Crippen LogP contribution in [0.15, 0.2) is 53.9 Å². The predicted molar refractivity (Wildman–Crippen MR) is 119 cm³/mol. The zero-order chi connectivity index (χ0) is 18.4. The molecule has 0 saturated carbocycles. The molecule has 0 atom stereocenters. The van der Waals surface area contributed by atoms with Gasteiger partial charge in [-0.3, -0.25) is 9.67 Å². The Bertz CT molecular complexity index is 854. The maximum absolute atomic E-state index is 4.49. The second kappa shape index (κ2) is 10.1. The average molecular weight is 479 g/mol. The Labute approximate surface area is 176 Å². The number of guanidine groups is 1. The van der Waals surface area contributed by atoms with Crippen LogP contribution in [0.25, 0.3) is 11.3 Å². The highest BCUT2D eigenvalue weighted by molar-refractivity contribution is 14.0. The van der Waals surface area contributed by atoms with Gasteiger partial charge in [-0.25, -0.2) is 4.98 Å². The van der Waals surface area contributed by atoms with Crippen LogP contribution in [0.1, 0.15) is 11.4 Å². The summed E-state index contributed by atoms with van der Waals surface area (Å²) < 4.78 is 1.82. The summed E-state index contributed by atoms with van der Waals surface area (Å²) in [6, 6.07) is 10.2. The monoisotopic (exact) mass is 479 g/mol. The lowest BCUT2D eigenvalue weighted by Gasteiger charge is -2.21. The molecule has 144 valence electrons. The first-order valence-electron chi connectivity index (χ1n) is 8.64. The van der Waals surface area contributed by atoms with E-state index >= 15 is 0 Å². The Kier molecular flexibility index (Phi) is 7.83. The molecule has 0 radical (unpaired) electrons. The summed E-state index contributed by atoms with van der Waals surface area (Å²) in [7, 11) is 5.72. The number of aryl methyl sites for hydroxylation is 1. The van der Waals surface area contributed by atoms with Crippen LogP contribution in [0.2, 0.25) is 0 Å². The number of benzene rings is 1. The van der Waals surface area contributed by atoms with Crippen molar-refractivity contribution in [1.82, 2.24) is 30.0 Å². The second-order valence-electron chi connectivity index (χ2n) is 6.21. The lowest BCUT2D eigenvalue weighted by atomic mass is 10.2. The highest BCUT2D eigenvalue weighted by atomic mass is 127. The van der Waals surface area contributed by atoms with Crippen molar-refractivity contribution in [3.63, 3.8) is 0 Å². The molecule has 0 fully saturated rings. The molecule has 0 spiro atoms. The van der Waals surface area contributed by atoms with Gasteiger partial charge in [-0.1, -0.05) is 30.3 Å². The Morgan fingerprint density at radius 1 is 1.26 bits per heavy atom. The van der Waals surface area contributed by atoms with Gasteiger partial charge in [0.1, 0.15) is 5.82 Å². The van der Waals surface area contributed by atoms with Crippen LogP contribution in [0.4, 0.5) is 0 Å². The molecular weight excluding hydrogens is 453 g/mol. The Morgan fingerprint density at radius 2 is 2.04 bits per heavy atom. The number of rotatable bonds is 6. The van der Waals surface area contributed by atoms with E-state index < -0.39 is 0 Å². The van der Waals surface area contributed by atoms with Gasteiger partial charge in [-0.15, -0.1) is 24.0 Å². The maximum Gasteiger partial charge on any atom is 0.193 e. The molecule has 0 bridgehead atoms. The number of nitrogens with one attached hydrogen (secondary N) is 2.